The van der Waals surface area contributed by atoms with Gasteiger partial charge in [0.1, 0.15) is 18.2 Å². The highest BCUT2D eigenvalue weighted by molar-refractivity contribution is 9.10. The molecule has 0 fully saturated rings. The van der Waals surface area contributed by atoms with Crippen molar-refractivity contribution in [2.45, 2.75) is 6.61 Å². The summed E-state index contributed by atoms with van der Waals surface area (Å²) in [7, 11) is 1.54. The van der Waals surface area contributed by atoms with Crippen LogP contribution in [0.1, 0.15) is 21.9 Å². The molecule has 2 rings (SSSR count). The Bertz CT molecular complexity index is 577. The highest BCUT2D eigenvalue weighted by Crippen LogP contribution is 2.22. The molecule has 0 saturated carbocycles. The quantitative estimate of drug-likeness (QED) is 0.810. The number of ketones is 1. The first-order valence-electron chi connectivity index (χ1n) is 5.19. The molecule has 5 heteroatoms. The normalized spacial score (nSPS) is 10.6. The highest BCUT2D eigenvalue weighted by atomic mass is 79.9. The number of benzene rings is 1. The second kappa shape index (κ2) is 5.46. The molecule has 0 spiro atoms. The number of hydrogen-bond acceptors (Lipinski definition) is 3. The van der Waals surface area contributed by atoms with Gasteiger partial charge in [0.2, 0.25) is 5.78 Å². The Labute approximate surface area is 112 Å². The third-order valence-corrected chi connectivity index (χ3v) is 3.00. The van der Waals surface area contributed by atoms with E-state index in [-0.39, 0.29) is 11.5 Å². The van der Waals surface area contributed by atoms with Crippen molar-refractivity contribution in [2.24, 2.45) is 0 Å². The third kappa shape index (κ3) is 2.68. The summed E-state index contributed by atoms with van der Waals surface area (Å²) in [6.45, 7) is 0.303. The maximum atomic E-state index is 12.9. The standard InChI is InChI=1S/C13H10BrFO3/c1-17-7-9-3-5-12(18-9)13(16)10-4-2-8(15)6-11(10)14/h2-6H,7H2,1H3. The Morgan fingerprint density at radius 1 is 1.39 bits per heavy atom. The summed E-state index contributed by atoms with van der Waals surface area (Å²) in [5.74, 6) is 0.0654. The van der Waals surface area contributed by atoms with Crippen molar-refractivity contribution < 1.29 is 18.3 Å². The molecular formula is C13H10BrFO3. The van der Waals surface area contributed by atoms with Crippen molar-refractivity contribution in [1.29, 1.82) is 0 Å². The van der Waals surface area contributed by atoms with Crippen molar-refractivity contribution >= 4 is 21.7 Å². The van der Waals surface area contributed by atoms with Crippen molar-refractivity contribution in [3.63, 3.8) is 0 Å². The molecule has 94 valence electrons. The van der Waals surface area contributed by atoms with Gasteiger partial charge in [-0.1, -0.05) is 0 Å². The van der Waals surface area contributed by atoms with E-state index in [1.807, 2.05) is 0 Å². The van der Waals surface area contributed by atoms with E-state index in [0.717, 1.165) is 0 Å². The molecular weight excluding hydrogens is 303 g/mol. The molecule has 0 radical (unpaired) electrons. The second-order valence-corrected chi connectivity index (χ2v) is 4.51. The highest BCUT2D eigenvalue weighted by Gasteiger charge is 2.16. The number of furan rings is 1. The van der Waals surface area contributed by atoms with E-state index in [2.05, 4.69) is 15.9 Å². The maximum Gasteiger partial charge on any atom is 0.229 e. The van der Waals surface area contributed by atoms with E-state index in [9.17, 15) is 9.18 Å². The van der Waals surface area contributed by atoms with Crippen LogP contribution in [0, 0.1) is 5.82 Å². The Morgan fingerprint density at radius 3 is 2.83 bits per heavy atom. The van der Waals surface area contributed by atoms with Gasteiger partial charge in [-0.2, -0.15) is 0 Å². The summed E-state index contributed by atoms with van der Waals surface area (Å²) in [5, 5.41) is 0. The molecule has 0 N–H and O–H groups in total. The van der Waals surface area contributed by atoms with Crippen LogP contribution in [0.4, 0.5) is 4.39 Å². The molecule has 3 nitrogen and oxygen atoms in total. The number of carbonyl (C=O) groups excluding carboxylic acids is 1. The van der Waals surface area contributed by atoms with Crippen LogP contribution in [0.5, 0.6) is 0 Å². The molecule has 1 heterocycles. The fraction of sp³-hybridized carbons (Fsp3) is 0.154. The van der Waals surface area contributed by atoms with Crippen LogP contribution in [0.15, 0.2) is 39.2 Å². The first kappa shape index (κ1) is 13.0. The SMILES string of the molecule is COCc1ccc(C(=O)c2ccc(F)cc2Br)o1. The summed E-state index contributed by atoms with van der Waals surface area (Å²) >= 11 is 3.16. The summed E-state index contributed by atoms with van der Waals surface area (Å²) in [4.78, 5) is 12.1. The largest absolute Gasteiger partial charge is 0.455 e. The monoisotopic (exact) mass is 312 g/mol. The predicted molar refractivity (Wildman–Crippen MR) is 67.0 cm³/mol. The lowest BCUT2D eigenvalue weighted by molar-refractivity contribution is 0.0999. The molecule has 1 aromatic carbocycles. The van der Waals surface area contributed by atoms with Gasteiger partial charge in [-0.25, -0.2) is 4.39 Å². The van der Waals surface area contributed by atoms with Gasteiger partial charge in [0.05, 0.1) is 0 Å². The van der Waals surface area contributed by atoms with Gasteiger partial charge in [0.25, 0.3) is 0 Å². The van der Waals surface area contributed by atoms with Gasteiger partial charge in [-0.05, 0) is 46.3 Å². The molecule has 0 unspecified atom stereocenters. The van der Waals surface area contributed by atoms with Gasteiger partial charge < -0.3 is 9.15 Å². The molecule has 0 aliphatic carbocycles. The Hall–Kier alpha value is -1.46. The van der Waals surface area contributed by atoms with Crippen LogP contribution in [0.3, 0.4) is 0 Å². The second-order valence-electron chi connectivity index (χ2n) is 3.65. The third-order valence-electron chi connectivity index (χ3n) is 2.35. The average molecular weight is 313 g/mol. The predicted octanol–water partition coefficient (Wildman–Crippen LogP) is 3.56. The molecule has 0 bridgehead atoms. The van der Waals surface area contributed by atoms with Gasteiger partial charge in [-0.3, -0.25) is 4.79 Å². The molecule has 0 atom stereocenters. The fourth-order valence-electron chi connectivity index (χ4n) is 1.53. The number of methoxy groups -OCH3 is 1. The maximum absolute atomic E-state index is 12.9. The van der Waals surface area contributed by atoms with Gasteiger partial charge in [0, 0.05) is 17.1 Å². The van der Waals surface area contributed by atoms with Crippen LogP contribution in [0.25, 0.3) is 0 Å². The van der Waals surface area contributed by atoms with E-state index in [0.29, 0.717) is 22.4 Å². The summed E-state index contributed by atoms with van der Waals surface area (Å²) < 4.78 is 23.6. The molecule has 0 amide bonds. The zero-order chi connectivity index (χ0) is 13.1. The number of ether oxygens (including phenoxy) is 1. The summed E-state index contributed by atoms with van der Waals surface area (Å²) in [6.07, 6.45) is 0. The number of rotatable bonds is 4. The topological polar surface area (TPSA) is 39.4 Å². The lowest BCUT2D eigenvalue weighted by atomic mass is 10.1. The Kier molecular flexibility index (Phi) is 3.93. The van der Waals surface area contributed by atoms with Crippen LogP contribution in [0.2, 0.25) is 0 Å². The first-order chi connectivity index (χ1) is 8.61. The van der Waals surface area contributed by atoms with Crippen LogP contribution >= 0.6 is 15.9 Å². The van der Waals surface area contributed by atoms with Crippen LogP contribution in [-0.2, 0) is 11.3 Å². The lowest BCUT2D eigenvalue weighted by Crippen LogP contribution is -2.01. The minimum Gasteiger partial charge on any atom is -0.455 e. The fourth-order valence-corrected chi connectivity index (χ4v) is 2.06. The van der Waals surface area contributed by atoms with E-state index in [1.54, 1.807) is 19.2 Å². The van der Waals surface area contributed by atoms with E-state index < -0.39 is 5.82 Å². The summed E-state index contributed by atoms with van der Waals surface area (Å²) in [6, 6.07) is 7.14. The smallest absolute Gasteiger partial charge is 0.229 e. The first-order valence-corrected chi connectivity index (χ1v) is 5.98. The van der Waals surface area contributed by atoms with E-state index in [1.165, 1.54) is 18.2 Å². The lowest BCUT2D eigenvalue weighted by Gasteiger charge is -2.01. The zero-order valence-corrected chi connectivity index (χ0v) is 11.2. The average Bonchev–Trinajstić information content (AvgIpc) is 2.77. The van der Waals surface area contributed by atoms with Gasteiger partial charge in [-0.15, -0.1) is 0 Å². The minimum absolute atomic E-state index is 0.203. The van der Waals surface area contributed by atoms with E-state index in [4.69, 9.17) is 9.15 Å². The van der Waals surface area contributed by atoms with Gasteiger partial charge in [0.15, 0.2) is 5.76 Å². The molecule has 0 saturated heterocycles. The Morgan fingerprint density at radius 2 is 2.17 bits per heavy atom. The van der Waals surface area contributed by atoms with Crippen LogP contribution < -0.4 is 0 Å². The number of halogens is 2. The zero-order valence-electron chi connectivity index (χ0n) is 9.57. The molecule has 18 heavy (non-hydrogen) atoms. The molecule has 1 aromatic heterocycles. The van der Waals surface area contributed by atoms with Crippen molar-refractivity contribution in [3.8, 4) is 0 Å². The summed E-state index contributed by atoms with van der Waals surface area (Å²) in [5.41, 5.74) is 0.356. The number of hydrogen-bond donors (Lipinski definition) is 0. The Balaban J connectivity index is 2.29. The van der Waals surface area contributed by atoms with Crippen molar-refractivity contribution in [3.05, 3.63) is 57.7 Å². The van der Waals surface area contributed by atoms with Crippen molar-refractivity contribution in [1.82, 2.24) is 0 Å². The van der Waals surface area contributed by atoms with Crippen molar-refractivity contribution in [2.75, 3.05) is 7.11 Å². The van der Waals surface area contributed by atoms with E-state index >= 15 is 0 Å². The molecule has 0 aliphatic rings. The molecule has 2 aromatic rings. The number of carbonyl (C=O) groups is 1. The van der Waals surface area contributed by atoms with Gasteiger partial charge >= 0.3 is 0 Å². The molecule has 0 aliphatic heterocycles. The van der Waals surface area contributed by atoms with Crippen LogP contribution in [-0.4, -0.2) is 12.9 Å². The minimum atomic E-state index is -0.405.